The van der Waals surface area contributed by atoms with Crippen molar-refractivity contribution < 1.29 is 26.7 Å². The van der Waals surface area contributed by atoms with Crippen LogP contribution in [-0.2, 0) is 44.7 Å². The van der Waals surface area contributed by atoms with Crippen molar-refractivity contribution in [2.24, 2.45) is 14.1 Å². The van der Waals surface area contributed by atoms with Crippen LogP contribution in [-0.4, -0.2) is 95.5 Å². The van der Waals surface area contributed by atoms with E-state index in [1.807, 2.05) is 29.2 Å². The largest absolute Gasteiger partial charge is 0.434 e. The normalized spacial score (nSPS) is 11.1. The van der Waals surface area contributed by atoms with Crippen LogP contribution in [0.4, 0.5) is 34.6 Å². The summed E-state index contributed by atoms with van der Waals surface area (Å²) in [6.45, 7) is 2.85. The van der Waals surface area contributed by atoms with Crippen molar-refractivity contribution in [1.29, 1.82) is 0 Å². The number of rotatable bonds is 18. The van der Waals surface area contributed by atoms with E-state index in [0.717, 1.165) is 45.5 Å². The molecule has 2 aromatic carbocycles. The van der Waals surface area contributed by atoms with Crippen LogP contribution in [0.15, 0.2) is 60.9 Å². The van der Waals surface area contributed by atoms with Crippen LogP contribution < -0.4 is 20.3 Å². The highest BCUT2D eigenvalue weighted by atomic mass is 35.7. The molecule has 0 aliphatic rings. The van der Waals surface area contributed by atoms with Gasteiger partial charge in [-0.15, -0.1) is 46.4 Å². The van der Waals surface area contributed by atoms with Crippen LogP contribution >= 0.6 is 57.1 Å². The lowest BCUT2D eigenvalue weighted by Crippen LogP contribution is -2.27. The number of hydrogen-bond acceptors (Lipinski definition) is 13. The molecule has 0 aliphatic carbocycles. The summed E-state index contributed by atoms with van der Waals surface area (Å²) in [5.41, 5.74) is 9.12. The van der Waals surface area contributed by atoms with Gasteiger partial charge in [0.15, 0.2) is 0 Å². The maximum absolute atomic E-state index is 12.4. The van der Waals surface area contributed by atoms with Crippen LogP contribution in [0.2, 0.25) is 0 Å². The quantitative estimate of drug-likeness (QED) is 0.0413. The third kappa shape index (κ3) is 16.1. The minimum absolute atomic E-state index is 0.173. The van der Waals surface area contributed by atoms with Gasteiger partial charge in [-0.3, -0.25) is 4.72 Å². The number of alkyl halides is 4. The zero-order valence-corrected chi connectivity index (χ0v) is 34.9. The first-order chi connectivity index (χ1) is 25.9. The highest BCUT2D eigenvalue weighted by molar-refractivity contribution is 8.13. The van der Waals surface area contributed by atoms with Gasteiger partial charge in [-0.2, -0.15) is 0 Å². The van der Waals surface area contributed by atoms with Gasteiger partial charge in [-0.1, -0.05) is 9.97 Å². The van der Waals surface area contributed by atoms with E-state index in [1.54, 1.807) is 24.3 Å². The van der Waals surface area contributed by atoms with Gasteiger partial charge in [0.1, 0.15) is 35.3 Å². The van der Waals surface area contributed by atoms with E-state index in [0.29, 0.717) is 42.3 Å². The Balaban J connectivity index is 0.000000314. The molecule has 0 saturated carbocycles. The minimum atomic E-state index is -3.77. The third-order valence-electron chi connectivity index (χ3n) is 7.29. The summed E-state index contributed by atoms with van der Waals surface area (Å²) >= 11 is 23.0. The smallest absolute Gasteiger partial charge is 0.399 e. The lowest BCUT2D eigenvalue weighted by molar-refractivity contribution is -0.396. The number of nitro groups is 2. The van der Waals surface area contributed by atoms with E-state index < -0.39 is 52.3 Å². The van der Waals surface area contributed by atoms with Gasteiger partial charge in [0, 0.05) is 83.1 Å². The molecule has 0 atom stereocenters. The van der Waals surface area contributed by atoms with E-state index in [1.165, 1.54) is 20.3 Å². The molecule has 0 amide bonds. The molecule has 3 N–H and O–H groups in total. The van der Waals surface area contributed by atoms with Crippen molar-refractivity contribution in [2.45, 2.75) is 11.5 Å². The predicted molar refractivity (Wildman–Crippen MR) is 219 cm³/mol. The summed E-state index contributed by atoms with van der Waals surface area (Å²) in [7, 11) is 0.247. The summed E-state index contributed by atoms with van der Waals surface area (Å²) in [6, 6.07) is 14.5. The van der Waals surface area contributed by atoms with Crippen molar-refractivity contribution >= 4 is 111 Å². The summed E-state index contributed by atoms with van der Waals surface area (Å²) in [5.74, 6) is 0.346. The molecule has 0 radical (unpaired) electrons. The van der Waals surface area contributed by atoms with Gasteiger partial charge < -0.3 is 35.8 Å². The predicted octanol–water partition coefficient (Wildman–Crippen LogP) is 5.50. The van der Waals surface area contributed by atoms with Gasteiger partial charge >= 0.3 is 11.9 Å². The Bertz CT molecular complexity index is 2040. The molecular formula is C30H39Cl5N10O8S2. The first-order valence-corrected chi connectivity index (χ1v) is 22.0. The van der Waals surface area contributed by atoms with E-state index in [-0.39, 0.29) is 11.4 Å². The van der Waals surface area contributed by atoms with Crippen LogP contribution in [0.5, 0.6) is 0 Å². The molecule has 2 aromatic heterocycles. The zero-order chi connectivity index (χ0) is 41.3. The molecule has 2 heterocycles. The van der Waals surface area contributed by atoms with Crippen LogP contribution in [0.3, 0.4) is 0 Å². The summed E-state index contributed by atoms with van der Waals surface area (Å²) < 4.78 is 50.7. The second kappa shape index (κ2) is 22.7. The average molecular weight is 909 g/mol. The molecular weight excluding hydrogens is 870 g/mol. The van der Waals surface area contributed by atoms with Gasteiger partial charge in [0.25, 0.3) is 0 Å². The lowest BCUT2D eigenvalue weighted by atomic mass is 10.2. The number of hydrogen-bond donors (Lipinski definition) is 2. The van der Waals surface area contributed by atoms with Gasteiger partial charge in [0.05, 0.1) is 14.1 Å². The second-order valence-corrected chi connectivity index (χ2v) is 17.2. The minimum Gasteiger partial charge on any atom is -0.399 e. The summed E-state index contributed by atoms with van der Waals surface area (Å²) in [5, 5.41) is 21.1. The molecule has 0 fully saturated rings. The Morgan fingerprint density at radius 3 is 1.38 bits per heavy atom. The molecule has 25 heteroatoms. The Morgan fingerprint density at radius 1 is 0.691 bits per heavy atom. The molecule has 0 spiro atoms. The Hall–Kier alpha value is -3.79. The van der Waals surface area contributed by atoms with Gasteiger partial charge in [-0.05, 0) is 58.4 Å². The van der Waals surface area contributed by atoms with Crippen molar-refractivity contribution in [3.63, 3.8) is 0 Å². The SMILES string of the molecule is Cn1c(CS(=O)(=O)Cl)cnc1[N+](=O)[O-].Cn1c(CS(=O)(=O)Nc2ccc(N(CCCl)CCCl)cc2)cnc1[N+](=O)[O-].Nc1ccc(N(CCCl)CCCl)cc1. The molecule has 0 aliphatic heterocycles. The summed E-state index contributed by atoms with van der Waals surface area (Å²) in [6.07, 6.45) is 2.29. The lowest BCUT2D eigenvalue weighted by Gasteiger charge is -2.23. The fourth-order valence-corrected chi connectivity index (χ4v) is 7.63. The highest BCUT2D eigenvalue weighted by Gasteiger charge is 2.23. The number of halogens is 5. The second-order valence-electron chi connectivity index (χ2n) is 11.1. The van der Waals surface area contributed by atoms with Crippen LogP contribution in [0.1, 0.15) is 11.4 Å². The fraction of sp³-hybridized carbons (Fsp3) is 0.400. The number of anilines is 4. The number of imidazole rings is 2. The highest BCUT2D eigenvalue weighted by Crippen LogP contribution is 2.21. The van der Waals surface area contributed by atoms with E-state index >= 15 is 0 Å². The molecule has 304 valence electrons. The molecule has 0 saturated heterocycles. The zero-order valence-electron chi connectivity index (χ0n) is 29.5. The van der Waals surface area contributed by atoms with E-state index in [4.69, 9.17) is 62.8 Å². The Morgan fingerprint density at radius 2 is 1.05 bits per heavy atom. The van der Waals surface area contributed by atoms with Crippen molar-refractivity contribution in [3.05, 3.63) is 92.5 Å². The number of aromatic nitrogens is 4. The molecule has 0 bridgehead atoms. The van der Waals surface area contributed by atoms with Gasteiger partial charge in [-0.25, -0.2) is 26.0 Å². The van der Waals surface area contributed by atoms with Crippen molar-refractivity contribution in [1.82, 2.24) is 19.1 Å². The third-order valence-corrected chi connectivity index (χ3v) is 10.2. The number of nitrogens with zero attached hydrogens (tertiary/aromatic N) is 8. The Kier molecular flexibility index (Phi) is 19.5. The molecule has 0 unspecified atom stereocenters. The van der Waals surface area contributed by atoms with Crippen LogP contribution in [0.25, 0.3) is 0 Å². The average Bonchev–Trinajstić information content (AvgIpc) is 3.65. The van der Waals surface area contributed by atoms with Crippen LogP contribution in [0, 0.1) is 20.2 Å². The number of nitrogens with two attached hydrogens (primary N) is 1. The summed E-state index contributed by atoms with van der Waals surface area (Å²) in [4.78, 5) is 31.0. The topological polar surface area (TPSA) is 235 Å². The molecule has 18 nitrogen and oxygen atoms in total. The van der Waals surface area contributed by atoms with Crippen molar-refractivity contribution in [2.75, 3.05) is 70.0 Å². The standard InChI is InChI=1S/C15H19Cl2N5O4S.C10H14Cl2N2.C5H6ClN3O4S/c1-20-14(10-18-15(20)22(23)24)11-27(25,26)19-12-2-4-13(5-3-12)21(8-6-16)9-7-17;11-5-7-14(8-6-12)10-3-1-9(13)2-4-10;1-8-4(3-14(6,12)13)2-7-5(8)9(10)11/h2-5,10,19H,6-9,11H2,1H3;1-4H,5-8,13H2;2H,3H2,1H3. The number of benzene rings is 2. The number of nitrogen functional groups attached to an aromatic ring is 1. The molecule has 4 rings (SSSR count). The first-order valence-electron chi connectivity index (χ1n) is 15.8. The molecule has 55 heavy (non-hydrogen) atoms. The van der Waals surface area contributed by atoms with E-state index in [9.17, 15) is 37.1 Å². The maximum atomic E-state index is 12.4. The fourth-order valence-electron chi connectivity index (χ4n) is 4.64. The molecule has 4 aromatic rings. The van der Waals surface area contributed by atoms with Gasteiger partial charge in [0.2, 0.25) is 19.1 Å². The number of sulfonamides is 1. The first kappa shape index (κ1) is 47.4. The van der Waals surface area contributed by atoms with E-state index in [2.05, 4.69) is 19.6 Å². The Labute approximate surface area is 342 Å². The number of nitrogens with one attached hydrogen (secondary N) is 1. The maximum Gasteiger partial charge on any atom is 0.434 e. The monoisotopic (exact) mass is 906 g/mol. The van der Waals surface area contributed by atoms with Crippen molar-refractivity contribution in [3.8, 4) is 0 Å².